The number of hydrogen-bond donors (Lipinski definition) is 1. The maximum absolute atomic E-state index is 12.8. The van der Waals surface area contributed by atoms with Crippen LogP contribution in [0.5, 0.6) is 5.75 Å². The summed E-state index contributed by atoms with van der Waals surface area (Å²) in [6.45, 7) is 1.87. The van der Waals surface area contributed by atoms with E-state index in [-0.39, 0.29) is 5.75 Å². The third kappa shape index (κ3) is 2.57. The van der Waals surface area contributed by atoms with Gasteiger partial charge in [-0.05, 0) is 24.1 Å². The fraction of sp³-hybridized carbons (Fsp3) is 0.308. The van der Waals surface area contributed by atoms with Crippen LogP contribution in [0.15, 0.2) is 23.8 Å². The Morgan fingerprint density at radius 2 is 2.11 bits per heavy atom. The number of carbonyl (C=O) groups is 1. The number of carboxylic acids is 1. The van der Waals surface area contributed by atoms with Crippen LogP contribution in [0.25, 0.3) is 6.08 Å². The normalized spacial score (nSPS) is 18.3. The summed E-state index contributed by atoms with van der Waals surface area (Å²) in [6.07, 6.45) is -5.52. The zero-order valence-electron chi connectivity index (χ0n) is 9.99. The Labute approximate surface area is 107 Å². The van der Waals surface area contributed by atoms with Gasteiger partial charge in [0, 0.05) is 5.56 Å². The Hall–Kier alpha value is -1.98. The van der Waals surface area contributed by atoms with Crippen molar-refractivity contribution in [2.75, 3.05) is 0 Å². The van der Waals surface area contributed by atoms with Gasteiger partial charge < -0.3 is 9.84 Å². The lowest BCUT2D eigenvalue weighted by molar-refractivity contribution is -0.187. The van der Waals surface area contributed by atoms with Gasteiger partial charge in [-0.25, -0.2) is 4.79 Å². The summed E-state index contributed by atoms with van der Waals surface area (Å²) < 4.78 is 43.2. The van der Waals surface area contributed by atoms with Crippen LogP contribution in [-0.4, -0.2) is 23.4 Å². The molecule has 2 rings (SSSR count). The average Bonchev–Trinajstić information content (AvgIpc) is 2.35. The maximum Gasteiger partial charge on any atom is 0.430 e. The van der Waals surface area contributed by atoms with E-state index in [2.05, 4.69) is 0 Å². The molecule has 6 heteroatoms. The van der Waals surface area contributed by atoms with Crippen molar-refractivity contribution in [3.63, 3.8) is 0 Å². The van der Waals surface area contributed by atoms with Crippen LogP contribution < -0.4 is 4.74 Å². The molecule has 19 heavy (non-hydrogen) atoms. The Bertz CT molecular complexity index is 547. The van der Waals surface area contributed by atoms with Crippen molar-refractivity contribution in [3.8, 4) is 5.75 Å². The molecule has 0 bridgehead atoms. The summed E-state index contributed by atoms with van der Waals surface area (Å²) in [7, 11) is 0. The first kappa shape index (κ1) is 13.5. The molecule has 0 saturated carbocycles. The van der Waals surface area contributed by atoms with Gasteiger partial charge in [0.05, 0.1) is 5.57 Å². The minimum atomic E-state index is -4.76. The number of benzene rings is 1. The highest BCUT2D eigenvalue weighted by Gasteiger charge is 2.48. The van der Waals surface area contributed by atoms with E-state index < -0.39 is 23.8 Å². The minimum absolute atomic E-state index is 0.0617. The molecule has 0 spiro atoms. The number of aliphatic carboxylic acids is 1. The SMILES string of the molecule is CCc1ccc2c(c1)OC(C(F)(F)F)C(C(=O)O)=C2. The number of fused-ring (bicyclic) bond motifs is 1. The highest BCUT2D eigenvalue weighted by molar-refractivity contribution is 5.95. The van der Waals surface area contributed by atoms with E-state index >= 15 is 0 Å². The lowest BCUT2D eigenvalue weighted by atomic mass is 9.99. The molecule has 0 radical (unpaired) electrons. The second-order valence-electron chi connectivity index (χ2n) is 4.17. The van der Waals surface area contributed by atoms with E-state index in [1.165, 1.54) is 6.07 Å². The smallest absolute Gasteiger partial charge is 0.430 e. The number of carboxylic acid groups (broad SMARTS) is 1. The van der Waals surface area contributed by atoms with Crippen molar-refractivity contribution in [2.45, 2.75) is 25.6 Å². The predicted molar refractivity (Wildman–Crippen MR) is 61.9 cm³/mol. The van der Waals surface area contributed by atoms with Crippen molar-refractivity contribution >= 4 is 12.0 Å². The van der Waals surface area contributed by atoms with Gasteiger partial charge in [0.15, 0.2) is 0 Å². The molecule has 0 aromatic heterocycles. The number of alkyl halides is 3. The molecular weight excluding hydrogens is 261 g/mol. The first-order valence-electron chi connectivity index (χ1n) is 5.64. The van der Waals surface area contributed by atoms with Gasteiger partial charge >= 0.3 is 12.1 Å². The Kier molecular flexibility index (Phi) is 3.26. The molecule has 102 valence electrons. The molecule has 1 aromatic carbocycles. The van der Waals surface area contributed by atoms with Crippen LogP contribution >= 0.6 is 0 Å². The molecule has 1 N–H and O–H groups in total. The predicted octanol–water partition coefficient (Wildman–Crippen LogP) is 3.04. The van der Waals surface area contributed by atoms with Crippen LogP contribution in [0.2, 0.25) is 0 Å². The Morgan fingerprint density at radius 1 is 1.42 bits per heavy atom. The topological polar surface area (TPSA) is 46.5 Å². The molecule has 3 nitrogen and oxygen atoms in total. The first-order valence-corrected chi connectivity index (χ1v) is 5.64. The van der Waals surface area contributed by atoms with E-state index in [4.69, 9.17) is 9.84 Å². The van der Waals surface area contributed by atoms with E-state index in [0.29, 0.717) is 12.0 Å². The van der Waals surface area contributed by atoms with Gasteiger partial charge in [-0.15, -0.1) is 0 Å². The van der Waals surface area contributed by atoms with Crippen LogP contribution in [0.3, 0.4) is 0 Å². The lowest BCUT2D eigenvalue weighted by Crippen LogP contribution is -2.40. The summed E-state index contributed by atoms with van der Waals surface area (Å²) in [5.41, 5.74) is 0.367. The molecule has 1 atom stereocenters. The van der Waals surface area contributed by atoms with Crippen molar-refractivity contribution in [2.24, 2.45) is 0 Å². The van der Waals surface area contributed by atoms with Gasteiger partial charge in [-0.1, -0.05) is 19.1 Å². The van der Waals surface area contributed by atoms with E-state index in [9.17, 15) is 18.0 Å². The number of halogens is 3. The molecule has 1 unspecified atom stereocenters. The van der Waals surface area contributed by atoms with Crippen molar-refractivity contribution in [3.05, 3.63) is 34.9 Å². The molecule has 0 saturated heterocycles. The van der Waals surface area contributed by atoms with E-state index in [1.54, 1.807) is 12.1 Å². The second kappa shape index (κ2) is 4.60. The molecule has 0 aliphatic carbocycles. The Balaban J connectivity index is 2.51. The van der Waals surface area contributed by atoms with Gasteiger partial charge in [-0.3, -0.25) is 0 Å². The summed E-state index contributed by atoms with van der Waals surface area (Å²) in [5.74, 6) is -1.57. The molecule has 1 aliphatic heterocycles. The summed E-state index contributed by atoms with van der Waals surface area (Å²) >= 11 is 0. The van der Waals surface area contributed by atoms with E-state index in [0.717, 1.165) is 11.6 Å². The third-order valence-electron chi connectivity index (χ3n) is 2.87. The molecule has 1 aliphatic rings. The monoisotopic (exact) mass is 272 g/mol. The van der Waals surface area contributed by atoms with Crippen LogP contribution in [0.1, 0.15) is 18.1 Å². The maximum atomic E-state index is 12.8. The van der Waals surface area contributed by atoms with Gasteiger partial charge in [-0.2, -0.15) is 13.2 Å². The minimum Gasteiger partial charge on any atom is -0.478 e. The lowest BCUT2D eigenvalue weighted by Gasteiger charge is -2.27. The van der Waals surface area contributed by atoms with Gasteiger partial charge in [0.1, 0.15) is 5.75 Å². The van der Waals surface area contributed by atoms with Crippen molar-refractivity contribution < 1.29 is 27.8 Å². The number of aryl methyl sites for hydroxylation is 1. The van der Waals surface area contributed by atoms with Crippen molar-refractivity contribution in [1.29, 1.82) is 0 Å². The number of hydrogen-bond acceptors (Lipinski definition) is 2. The standard InChI is InChI=1S/C13H11F3O3/c1-2-7-3-4-8-6-9(12(17)18)11(13(14,15)16)19-10(8)5-7/h3-6,11H,2H2,1H3,(H,17,18). The fourth-order valence-corrected chi connectivity index (χ4v) is 1.87. The highest BCUT2D eigenvalue weighted by Crippen LogP contribution is 2.37. The third-order valence-corrected chi connectivity index (χ3v) is 2.87. The highest BCUT2D eigenvalue weighted by atomic mass is 19.4. The van der Waals surface area contributed by atoms with Crippen molar-refractivity contribution in [1.82, 2.24) is 0 Å². The quantitative estimate of drug-likeness (QED) is 0.900. The van der Waals surface area contributed by atoms with Crippen LogP contribution in [-0.2, 0) is 11.2 Å². The average molecular weight is 272 g/mol. The van der Waals surface area contributed by atoms with Crippen LogP contribution in [0, 0.1) is 0 Å². The number of ether oxygens (including phenoxy) is 1. The zero-order valence-corrected chi connectivity index (χ0v) is 9.99. The first-order chi connectivity index (χ1) is 8.82. The van der Waals surface area contributed by atoms with Gasteiger partial charge in [0.25, 0.3) is 0 Å². The Morgan fingerprint density at radius 3 is 2.63 bits per heavy atom. The number of rotatable bonds is 2. The molecule has 1 aromatic rings. The second-order valence-corrected chi connectivity index (χ2v) is 4.17. The fourth-order valence-electron chi connectivity index (χ4n) is 1.87. The van der Waals surface area contributed by atoms with E-state index in [1.807, 2.05) is 6.92 Å². The van der Waals surface area contributed by atoms with Crippen LogP contribution in [0.4, 0.5) is 13.2 Å². The molecule has 0 amide bonds. The summed E-state index contributed by atoms with van der Waals surface area (Å²) in [5, 5.41) is 8.85. The largest absolute Gasteiger partial charge is 0.478 e. The molecular formula is C13H11F3O3. The van der Waals surface area contributed by atoms with Gasteiger partial charge in [0.2, 0.25) is 6.10 Å². The zero-order chi connectivity index (χ0) is 14.2. The summed E-state index contributed by atoms with van der Waals surface area (Å²) in [6, 6.07) is 4.79. The summed E-state index contributed by atoms with van der Waals surface area (Å²) in [4.78, 5) is 10.9. The molecule has 0 fully saturated rings. The molecule has 1 heterocycles.